The quantitative estimate of drug-likeness (QED) is 0.897. The van der Waals surface area contributed by atoms with Crippen LogP contribution in [-0.4, -0.2) is 40.8 Å². The third-order valence-electron chi connectivity index (χ3n) is 4.22. The molecule has 2 fully saturated rings. The predicted octanol–water partition coefficient (Wildman–Crippen LogP) is 1.52. The molecule has 2 heterocycles. The molecule has 1 aliphatic heterocycles. The molecular formula is C16H17N3O2. The Morgan fingerprint density at radius 2 is 1.95 bits per heavy atom. The number of aromatic nitrogens is 1. The Hall–Kier alpha value is -2.30. The third kappa shape index (κ3) is 2.28. The van der Waals surface area contributed by atoms with Crippen LogP contribution in [0.2, 0.25) is 0 Å². The average Bonchev–Trinajstić information content (AvgIpc) is 3.20. The molecule has 1 aromatic carbocycles. The van der Waals surface area contributed by atoms with Gasteiger partial charge in [-0.05, 0) is 25.0 Å². The molecule has 2 amide bonds. The number of fused-ring (bicyclic) bond motifs is 1. The lowest BCUT2D eigenvalue weighted by Gasteiger charge is -2.39. The zero-order valence-electron chi connectivity index (χ0n) is 11.6. The Kier molecular flexibility index (Phi) is 2.74. The Balaban J connectivity index is 1.39. The maximum Gasteiger partial charge on any atom is 0.270 e. The van der Waals surface area contributed by atoms with E-state index in [0.717, 1.165) is 23.7 Å². The molecule has 5 nitrogen and oxygen atoms in total. The highest BCUT2D eigenvalue weighted by molar-refractivity contribution is 5.98. The molecule has 1 aromatic heterocycles. The number of hydrogen-bond acceptors (Lipinski definition) is 2. The molecule has 0 bridgehead atoms. The van der Waals surface area contributed by atoms with Crippen LogP contribution >= 0.6 is 0 Å². The highest BCUT2D eigenvalue weighted by Gasteiger charge is 2.36. The standard InChI is InChI=1S/C16H17N3O2/c20-15(10-5-6-10)17-12-8-19(9-12)16(21)14-7-11-3-1-2-4-13(11)18-14/h1-4,7,10,12,18H,5-6,8-9H2,(H,17,20). The van der Waals surface area contributed by atoms with Crippen LogP contribution in [0, 0.1) is 5.92 Å². The van der Waals surface area contributed by atoms with Crippen LogP contribution in [0.4, 0.5) is 0 Å². The molecule has 0 unspecified atom stereocenters. The van der Waals surface area contributed by atoms with E-state index in [4.69, 9.17) is 0 Å². The molecular weight excluding hydrogens is 266 g/mol. The Morgan fingerprint density at radius 3 is 2.67 bits per heavy atom. The third-order valence-corrected chi connectivity index (χ3v) is 4.22. The van der Waals surface area contributed by atoms with E-state index in [9.17, 15) is 9.59 Å². The molecule has 2 N–H and O–H groups in total. The van der Waals surface area contributed by atoms with E-state index in [1.54, 1.807) is 4.90 Å². The molecule has 1 saturated heterocycles. The van der Waals surface area contributed by atoms with Crippen molar-refractivity contribution >= 4 is 22.7 Å². The first-order chi connectivity index (χ1) is 10.2. The lowest BCUT2D eigenvalue weighted by Crippen LogP contribution is -2.61. The molecule has 108 valence electrons. The first-order valence-corrected chi connectivity index (χ1v) is 7.38. The van der Waals surface area contributed by atoms with Gasteiger partial charge in [0.25, 0.3) is 5.91 Å². The monoisotopic (exact) mass is 283 g/mol. The van der Waals surface area contributed by atoms with Gasteiger partial charge in [-0.15, -0.1) is 0 Å². The number of carbonyl (C=O) groups is 2. The number of H-pyrrole nitrogens is 1. The van der Waals surface area contributed by atoms with E-state index in [-0.39, 0.29) is 23.8 Å². The van der Waals surface area contributed by atoms with Gasteiger partial charge in [0.15, 0.2) is 0 Å². The number of nitrogens with zero attached hydrogens (tertiary/aromatic N) is 1. The minimum atomic E-state index is 0.00289. The van der Waals surface area contributed by atoms with Crippen molar-refractivity contribution in [3.05, 3.63) is 36.0 Å². The number of para-hydroxylation sites is 1. The Morgan fingerprint density at radius 1 is 1.19 bits per heavy atom. The zero-order valence-corrected chi connectivity index (χ0v) is 11.6. The summed E-state index contributed by atoms with van der Waals surface area (Å²) >= 11 is 0. The van der Waals surface area contributed by atoms with Crippen LogP contribution in [0.25, 0.3) is 10.9 Å². The topological polar surface area (TPSA) is 65.2 Å². The fourth-order valence-electron chi connectivity index (χ4n) is 2.76. The molecule has 0 atom stereocenters. The summed E-state index contributed by atoms with van der Waals surface area (Å²) in [5.74, 6) is 0.379. The lowest BCUT2D eigenvalue weighted by molar-refractivity contribution is -0.123. The van der Waals surface area contributed by atoms with Gasteiger partial charge in [-0.2, -0.15) is 0 Å². The summed E-state index contributed by atoms with van der Waals surface area (Å²) in [5.41, 5.74) is 1.59. The van der Waals surface area contributed by atoms with Crippen molar-refractivity contribution in [2.24, 2.45) is 5.92 Å². The highest BCUT2D eigenvalue weighted by Crippen LogP contribution is 2.29. The van der Waals surface area contributed by atoms with Crippen LogP contribution in [0.15, 0.2) is 30.3 Å². The minimum absolute atomic E-state index is 0.00289. The van der Waals surface area contributed by atoms with Crippen LogP contribution in [0.3, 0.4) is 0 Å². The fraction of sp³-hybridized carbons (Fsp3) is 0.375. The van der Waals surface area contributed by atoms with Crippen molar-refractivity contribution in [1.29, 1.82) is 0 Å². The number of hydrogen-bond donors (Lipinski definition) is 2. The minimum Gasteiger partial charge on any atom is -0.351 e. The number of benzene rings is 1. The van der Waals surface area contributed by atoms with Gasteiger partial charge in [0.1, 0.15) is 5.69 Å². The fourth-order valence-corrected chi connectivity index (χ4v) is 2.76. The smallest absolute Gasteiger partial charge is 0.270 e. The predicted molar refractivity (Wildman–Crippen MR) is 78.9 cm³/mol. The Bertz CT molecular complexity index is 678. The van der Waals surface area contributed by atoms with Crippen LogP contribution in [-0.2, 0) is 4.79 Å². The summed E-state index contributed by atoms with van der Waals surface area (Å²) in [6.45, 7) is 1.21. The number of aromatic amines is 1. The number of amides is 2. The van der Waals surface area contributed by atoms with Crippen molar-refractivity contribution in [2.45, 2.75) is 18.9 Å². The lowest BCUT2D eigenvalue weighted by atomic mass is 10.1. The van der Waals surface area contributed by atoms with E-state index in [1.807, 2.05) is 30.3 Å². The molecule has 4 rings (SSSR count). The van der Waals surface area contributed by atoms with Gasteiger partial charge >= 0.3 is 0 Å². The summed E-state index contributed by atoms with van der Waals surface area (Å²) in [6, 6.07) is 9.84. The van der Waals surface area contributed by atoms with Crippen molar-refractivity contribution in [3.63, 3.8) is 0 Å². The maximum atomic E-state index is 12.4. The average molecular weight is 283 g/mol. The van der Waals surface area contributed by atoms with Crippen LogP contribution < -0.4 is 5.32 Å². The van der Waals surface area contributed by atoms with Crippen molar-refractivity contribution in [3.8, 4) is 0 Å². The van der Waals surface area contributed by atoms with E-state index in [1.165, 1.54) is 0 Å². The van der Waals surface area contributed by atoms with Crippen LogP contribution in [0.5, 0.6) is 0 Å². The normalized spacial score (nSPS) is 18.6. The summed E-state index contributed by atoms with van der Waals surface area (Å²) in [4.78, 5) is 28.9. The summed E-state index contributed by atoms with van der Waals surface area (Å²) in [6.07, 6.45) is 2.02. The van der Waals surface area contributed by atoms with E-state index >= 15 is 0 Å². The second-order valence-corrected chi connectivity index (χ2v) is 5.96. The van der Waals surface area contributed by atoms with Crippen molar-refractivity contribution in [2.75, 3.05) is 13.1 Å². The molecule has 5 heteroatoms. The number of carbonyl (C=O) groups excluding carboxylic acids is 2. The van der Waals surface area contributed by atoms with Gasteiger partial charge in [-0.3, -0.25) is 9.59 Å². The molecule has 2 aromatic rings. The van der Waals surface area contributed by atoms with Gasteiger partial charge < -0.3 is 15.2 Å². The Labute approximate surface area is 122 Å². The number of nitrogens with one attached hydrogen (secondary N) is 2. The first kappa shape index (κ1) is 12.4. The molecule has 0 radical (unpaired) electrons. The summed E-state index contributed by atoms with van der Waals surface area (Å²) < 4.78 is 0. The van der Waals surface area contributed by atoms with Gasteiger partial charge in [-0.25, -0.2) is 0 Å². The summed E-state index contributed by atoms with van der Waals surface area (Å²) in [7, 11) is 0. The summed E-state index contributed by atoms with van der Waals surface area (Å²) in [5, 5.41) is 4.04. The van der Waals surface area contributed by atoms with E-state index in [2.05, 4.69) is 10.3 Å². The van der Waals surface area contributed by atoms with Gasteiger partial charge in [-0.1, -0.05) is 18.2 Å². The molecule has 1 saturated carbocycles. The molecule has 2 aliphatic rings. The van der Waals surface area contributed by atoms with E-state index in [0.29, 0.717) is 18.8 Å². The molecule has 0 spiro atoms. The van der Waals surface area contributed by atoms with Crippen molar-refractivity contribution < 1.29 is 9.59 Å². The second kappa shape index (κ2) is 4.62. The largest absolute Gasteiger partial charge is 0.351 e. The number of rotatable bonds is 3. The van der Waals surface area contributed by atoms with Gasteiger partial charge in [0.05, 0.1) is 6.04 Å². The van der Waals surface area contributed by atoms with Gasteiger partial charge in [0.2, 0.25) is 5.91 Å². The second-order valence-electron chi connectivity index (χ2n) is 5.96. The SMILES string of the molecule is O=C(NC1CN(C(=O)c2cc3ccccc3[nH]2)C1)C1CC1. The van der Waals surface area contributed by atoms with Crippen LogP contribution in [0.1, 0.15) is 23.3 Å². The number of likely N-dealkylation sites (tertiary alicyclic amines) is 1. The van der Waals surface area contributed by atoms with Crippen molar-refractivity contribution in [1.82, 2.24) is 15.2 Å². The zero-order chi connectivity index (χ0) is 14.4. The van der Waals surface area contributed by atoms with E-state index < -0.39 is 0 Å². The molecule has 1 aliphatic carbocycles. The van der Waals surface area contributed by atoms with Gasteiger partial charge in [0, 0.05) is 29.9 Å². The highest BCUT2D eigenvalue weighted by atomic mass is 16.2. The molecule has 21 heavy (non-hydrogen) atoms. The maximum absolute atomic E-state index is 12.4. The first-order valence-electron chi connectivity index (χ1n) is 7.38.